The van der Waals surface area contributed by atoms with Crippen molar-refractivity contribution in [2.24, 2.45) is 0 Å². The minimum absolute atomic E-state index is 0.180. The number of hydrogen-bond acceptors (Lipinski definition) is 3. The molecular formula is C15H15Cl2N3S. The predicted octanol–water partition coefficient (Wildman–Crippen LogP) is 5.11. The molecular weight excluding hydrogens is 325 g/mol. The molecule has 0 aliphatic rings. The molecule has 0 saturated carbocycles. The number of fused-ring (bicyclic) bond motifs is 1. The summed E-state index contributed by atoms with van der Waals surface area (Å²) in [6.07, 6.45) is 1.65. The highest BCUT2D eigenvalue weighted by atomic mass is 35.5. The van der Waals surface area contributed by atoms with Crippen molar-refractivity contribution in [1.29, 1.82) is 0 Å². The third kappa shape index (κ3) is 2.80. The van der Waals surface area contributed by atoms with Crippen LogP contribution >= 0.6 is 34.5 Å². The topological polar surface area (TPSA) is 30.7 Å². The fourth-order valence-electron chi connectivity index (χ4n) is 2.35. The second-order valence-corrected chi connectivity index (χ2v) is 7.55. The maximum atomic E-state index is 6.28. The second kappa shape index (κ2) is 5.59. The summed E-state index contributed by atoms with van der Waals surface area (Å²) in [4.78, 5) is 11.6. The molecule has 6 heteroatoms. The Morgan fingerprint density at radius 3 is 2.71 bits per heavy atom. The summed E-state index contributed by atoms with van der Waals surface area (Å²) in [6, 6.07) is 4.04. The minimum atomic E-state index is -0.180. The summed E-state index contributed by atoms with van der Waals surface area (Å²) in [5, 5.41) is 0.406. The molecule has 0 radical (unpaired) electrons. The number of alkyl halides is 1. The van der Waals surface area contributed by atoms with Gasteiger partial charge >= 0.3 is 0 Å². The van der Waals surface area contributed by atoms with Crippen LogP contribution in [0.15, 0.2) is 18.3 Å². The van der Waals surface area contributed by atoms with Crippen LogP contribution in [0.2, 0.25) is 5.02 Å². The normalized spacial score (nSPS) is 13.0. The van der Waals surface area contributed by atoms with Gasteiger partial charge in [-0.15, -0.1) is 22.9 Å². The molecule has 3 heterocycles. The third-order valence-corrected chi connectivity index (χ3v) is 5.01. The van der Waals surface area contributed by atoms with E-state index in [1.807, 2.05) is 13.0 Å². The molecule has 0 amide bonds. The van der Waals surface area contributed by atoms with Gasteiger partial charge in [-0.05, 0) is 38.5 Å². The molecule has 110 valence electrons. The van der Waals surface area contributed by atoms with Crippen molar-refractivity contribution in [2.45, 2.75) is 32.7 Å². The van der Waals surface area contributed by atoms with Gasteiger partial charge in [0.1, 0.15) is 11.3 Å². The largest absolute Gasteiger partial charge is 0.306 e. The molecule has 0 fully saturated rings. The zero-order valence-electron chi connectivity index (χ0n) is 12.0. The Kier molecular flexibility index (Phi) is 3.95. The predicted molar refractivity (Wildman–Crippen MR) is 89.7 cm³/mol. The van der Waals surface area contributed by atoms with Crippen molar-refractivity contribution in [1.82, 2.24) is 14.5 Å². The summed E-state index contributed by atoms with van der Waals surface area (Å²) >= 11 is 14.1. The van der Waals surface area contributed by atoms with E-state index in [0.29, 0.717) is 5.02 Å². The van der Waals surface area contributed by atoms with Crippen molar-refractivity contribution in [3.05, 3.63) is 44.5 Å². The molecule has 3 aromatic rings. The Hall–Kier alpha value is -1.10. The van der Waals surface area contributed by atoms with Gasteiger partial charge in [0.05, 0.1) is 16.9 Å². The van der Waals surface area contributed by atoms with Crippen LogP contribution in [0, 0.1) is 13.8 Å². The number of pyridine rings is 1. The standard InChI is InChI=1S/C15H15Cl2N3S/c1-8-4-12(21-10(8)3)7-20-14(9(2)16)19-13-5-11(17)6-18-15(13)20/h4-6,9H,7H2,1-3H3. The summed E-state index contributed by atoms with van der Waals surface area (Å²) in [5.41, 5.74) is 2.93. The maximum Gasteiger partial charge on any atom is 0.160 e. The maximum absolute atomic E-state index is 6.28. The number of aromatic nitrogens is 3. The van der Waals surface area contributed by atoms with Crippen molar-refractivity contribution in [3.8, 4) is 0 Å². The second-order valence-electron chi connectivity index (χ2n) is 5.12. The minimum Gasteiger partial charge on any atom is -0.306 e. The van der Waals surface area contributed by atoms with Crippen LogP contribution in [0.3, 0.4) is 0 Å². The first-order valence-electron chi connectivity index (χ1n) is 6.67. The first kappa shape index (κ1) is 14.8. The molecule has 0 aliphatic carbocycles. The van der Waals surface area contributed by atoms with Crippen molar-refractivity contribution >= 4 is 45.7 Å². The van der Waals surface area contributed by atoms with E-state index in [1.54, 1.807) is 17.5 Å². The van der Waals surface area contributed by atoms with Gasteiger partial charge in [-0.1, -0.05) is 11.6 Å². The van der Waals surface area contributed by atoms with E-state index < -0.39 is 0 Å². The zero-order chi connectivity index (χ0) is 15.1. The SMILES string of the molecule is Cc1cc(Cn2c(C(C)Cl)nc3cc(Cl)cnc32)sc1C. The fourth-order valence-corrected chi connectivity index (χ4v) is 3.71. The number of hydrogen-bond donors (Lipinski definition) is 0. The summed E-state index contributed by atoms with van der Waals surface area (Å²) in [6.45, 7) is 6.92. The van der Waals surface area contributed by atoms with Gasteiger partial charge in [-0.25, -0.2) is 9.97 Å². The molecule has 3 nitrogen and oxygen atoms in total. The Morgan fingerprint density at radius 2 is 2.10 bits per heavy atom. The van der Waals surface area contributed by atoms with E-state index in [-0.39, 0.29) is 5.38 Å². The lowest BCUT2D eigenvalue weighted by molar-refractivity contribution is 0.744. The van der Waals surface area contributed by atoms with Crippen LogP contribution in [0.5, 0.6) is 0 Å². The van der Waals surface area contributed by atoms with Crippen LogP contribution < -0.4 is 0 Å². The fraction of sp³-hybridized carbons (Fsp3) is 0.333. The van der Waals surface area contributed by atoms with Crippen LogP contribution in [0.4, 0.5) is 0 Å². The molecule has 3 aromatic heterocycles. The molecule has 0 saturated heterocycles. The van der Waals surface area contributed by atoms with E-state index in [9.17, 15) is 0 Å². The molecule has 0 aliphatic heterocycles. The molecule has 21 heavy (non-hydrogen) atoms. The van der Waals surface area contributed by atoms with Gasteiger partial charge in [-0.3, -0.25) is 0 Å². The molecule has 1 unspecified atom stereocenters. The van der Waals surface area contributed by atoms with Crippen molar-refractivity contribution in [2.75, 3.05) is 0 Å². The molecule has 0 spiro atoms. The Bertz CT molecular complexity index is 785. The average Bonchev–Trinajstić information content (AvgIpc) is 2.91. The number of thiophene rings is 1. The van der Waals surface area contributed by atoms with Crippen LogP contribution in [0.25, 0.3) is 11.2 Å². The highest BCUT2D eigenvalue weighted by molar-refractivity contribution is 7.12. The van der Waals surface area contributed by atoms with Crippen LogP contribution in [-0.4, -0.2) is 14.5 Å². The Morgan fingerprint density at radius 1 is 1.33 bits per heavy atom. The Labute approximate surface area is 137 Å². The first-order chi connectivity index (χ1) is 9.95. The van der Waals surface area contributed by atoms with E-state index in [1.165, 1.54) is 15.3 Å². The van der Waals surface area contributed by atoms with E-state index in [4.69, 9.17) is 23.2 Å². The molecule has 3 rings (SSSR count). The highest BCUT2D eigenvalue weighted by Gasteiger charge is 2.17. The van der Waals surface area contributed by atoms with E-state index in [0.717, 1.165) is 23.5 Å². The van der Waals surface area contributed by atoms with Gasteiger partial charge in [-0.2, -0.15) is 0 Å². The number of imidazole rings is 1. The van der Waals surface area contributed by atoms with E-state index in [2.05, 4.69) is 34.4 Å². The summed E-state index contributed by atoms with van der Waals surface area (Å²) in [7, 11) is 0. The lowest BCUT2D eigenvalue weighted by Gasteiger charge is -2.08. The molecule has 0 aromatic carbocycles. The molecule has 1 atom stereocenters. The molecule has 0 N–H and O–H groups in total. The lowest BCUT2D eigenvalue weighted by atomic mass is 10.3. The van der Waals surface area contributed by atoms with Gasteiger partial charge < -0.3 is 4.57 Å². The first-order valence-corrected chi connectivity index (χ1v) is 8.30. The lowest BCUT2D eigenvalue weighted by Crippen LogP contribution is -2.05. The van der Waals surface area contributed by atoms with Gasteiger partial charge in [0, 0.05) is 16.0 Å². The van der Waals surface area contributed by atoms with Gasteiger partial charge in [0.2, 0.25) is 0 Å². The van der Waals surface area contributed by atoms with Gasteiger partial charge in [0.25, 0.3) is 0 Å². The zero-order valence-corrected chi connectivity index (χ0v) is 14.4. The van der Waals surface area contributed by atoms with Crippen molar-refractivity contribution < 1.29 is 0 Å². The number of aryl methyl sites for hydroxylation is 2. The highest BCUT2D eigenvalue weighted by Crippen LogP contribution is 2.28. The average molecular weight is 340 g/mol. The quantitative estimate of drug-likeness (QED) is 0.620. The van der Waals surface area contributed by atoms with Crippen LogP contribution in [0.1, 0.15) is 33.4 Å². The number of nitrogens with zero attached hydrogens (tertiary/aromatic N) is 3. The molecule has 0 bridgehead atoms. The number of rotatable bonds is 3. The summed E-state index contributed by atoms with van der Waals surface area (Å²) in [5.74, 6) is 0.824. The third-order valence-electron chi connectivity index (χ3n) is 3.47. The smallest absolute Gasteiger partial charge is 0.160 e. The monoisotopic (exact) mass is 339 g/mol. The Balaban J connectivity index is 2.12. The van der Waals surface area contributed by atoms with Crippen LogP contribution in [-0.2, 0) is 6.54 Å². The van der Waals surface area contributed by atoms with Gasteiger partial charge in [0.15, 0.2) is 5.65 Å². The number of halogens is 2. The summed E-state index contributed by atoms with van der Waals surface area (Å²) < 4.78 is 2.08. The van der Waals surface area contributed by atoms with Crippen molar-refractivity contribution in [3.63, 3.8) is 0 Å². The van der Waals surface area contributed by atoms with E-state index >= 15 is 0 Å².